The number of nitrogen functional groups attached to an aromatic ring is 1. The van der Waals surface area contributed by atoms with Gasteiger partial charge in [0.05, 0.1) is 5.56 Å². The van der Waals surface area contributed by atoms with E-state index in [0.29, 0.717) is 19.6 Å². The van der Waals surface area contributed by atoms with E-state index in [4.69, 9.17) is 10.5 Å². The first kappa shape index (κ1) is 14.6. The molecule has 0 spiro atoms. The summed E-state index contributed by atoms with van der Waals surface area (Å²) in [6.07, 6.45) is -3.74. The number of nitrogens with two attached hydrogens (primary N) is 1. The van der Waals surface area contributed by atoms with E-state index in [9.17, 15) is 13.2 Å². The number of halogens is 3. The van der Waals surface area contributed by atoms with Gasteiger partial charge >= 0.3 is 6.18 Å². The van der Waals surface area contributed by atoms with Crippen LogP contribution in [0.15, 0.2) is 18.2 Å². The van der Waals surface area contributed by atoms with Crippen LogP contribution in [0.4, 0.5) is 24.5 Å². The lowest BCUT2D eigenvalue weighted by atomic mass is 10.1. The number of benzene rings is 1. The van der Waals surface area contributed by atoms with Gasteiger partial charge in [-0.05, 0) is 24.6 Å². The first-order valence-electron chi connectivity index (χ1n) is 5.53. The zero-order valence-corrected chi connectivity index (χ0v) is 10.4. The van der Waals surface area contributed by atoms with Crippen LogP contribution >= 0.6 is 0 Å². The highest BCUT2D eigenvalue weighted by atomic mass is 19.4. The normalized spacial score (nSPS) is 11.6. The van der Waals surface area contributed by atoms with Gasteiger partial charge in [0.15, 0.2) is 0 Å². The van der Waals surface area contributed by atoms with Gasteiger partial charge in [-0.15, -0.1) is 0 Å². The van der Waals surface area contributed by atoms with E-state index in [0.717, 1.165) is 6.07 Å². The summed E-state index contributed by atoms with van der Waals surface area (Å²) >= 11 is 0. The molecule has 0 saturated heterocycles. The van der Waals surface area contributed by atoms with Gasteiger partial charge in [0.25, 0.3) is 0 Å². The van der Waals surface area contributed by atoms with E-state index in [-0.39, 0.29) is 11.4 Å². The Morgan fingerprint density at radius 2 is 2.00 bits per heavy atom. The molecule has 102 valence electrons. The predicted octanol–water partition coefficient (Wildman–Crippen LogP) is 2.76. The number of alkyl halides is 3. The average Bonchev–Trinajstić information content (AvgIpc) is 2.28. The van der Waals surface area contributed by atoms with Crippen molar-refractivity contribution in [1.29, 1.82) is 0 Å². The zero-order valence-electron chi connectivity index (χ0n) is 10.4. The van der Waals surface area contributed by atoms with Gasteiger partial charge in [-0.3, -0.25) is 0 Å². The van der Waals surface area contributed by atoms with Gasteiger partial charge in [0.1, 0.15) is 0 Å². The molecule has 0 heterocycles. The van der Waals surface area contributed by atoms with Gasteiger partial charge in [-0.25, -0.2) is 0 Å². The largest absolute Gasteiger partial charge is 0.418 e. The molecular formula is C12H17F3N2O. The number of rotatable bonds is 5. The predicted molar refractivity (Wildman–Crippen MR) is 65.6 cm³/mol. The SMILES string of the molecule is COCCCN(C)c1ccc(N)cc1C(F)(F)F. The van der Waals surface area contributed by atoms with Crippen LogP contribution in [0.3, 0.4) is 0 Å². The zero-order chi connectivity index (χ0) is 13.8. The van der Waals surface area contributed by atoms with E-state index >= 15 is 0 Å². The van der Waals surface area contributed by atoms with E-state index in [1.165, 1.54) is 12.1 Å². The molecule has 0 aliphatic rings. The summed E-state index contributed by atoms with van der Waals surface area (Å²) in [6.45, 7) is 1.00. The summed E-state index contributed by atoms with van der Waals surface area (Å²) < 4.78 is 43.5. The van der Waals surface area contributed by atoms with Crippen LogP contribution in [0.1, 0.15) is 12.0 Å². The van der Waals surface area contributed by atoms with Crippen LogP contribution in [-0.4, -0.2) is 27.3 Å². The second-order valence-electron chi connectivity index (χ2n) is 4.04. The molecule has 0 bridgehead atoms. The maximum absolute atomic E-state index is 12.9. The fraction of sp³-hybridized carbons (Fsp3) is 0.500. The fourth-order valence-corrected chi connectivity index (χ4v) is 1.68. The van der Waals surface area contributed by atoms with Crippen molar-refractivity contribution < 1.29 is 17.9 Å². The third-order valence-corrected chi connectivity index (χ3v) is 2.58. The quantitative estimate of drug-likeness (QED) is 0.655. The molecule has 0 unspecified atom stereocenters. The number of ether oxygens (including phenoxy) is 1. The topological polar surface area (TPSA) is 38.5 Å². The van der Waals surface area contributed by atoms with Gasteiger partial charge in [-0.2, -0.15) is 13.2 Å². The number of nitrogens with zero attached hydrogens (tertiary/aromatic N) is 1. The minimum absolute atomic E-state index is 0.108. The molecule has 0 radical (unpaired) electrons. The molecule has 1 aromatic rings. The fourth-order valence-electron chi connectivity index (χ4n) is 1.68. The highest BCUT2D eigenvalue weighted by Gasteiger charge is 2.34. The standard InChI is InChI=1S/C12H17F3N2O/c1-17(6-3-7-18-2)11-5-4-9(16)8-10(11)12(13,14)15/h4-5,8H,3,6-7,16H2,1-2H3. The Labute approximate surface area is 104 Å². The maximum Gasteiger partial charge on any atom is 0.418 e. The molecule has 0 amide bonds. The molecule has 0 atom stereocenters. The summed E-state index contributed by atoms with van der Waals surface area (Å²) in [4.78, 5) is 1.56. The third-order valence-electron chi connectivity index (χ3n) is 2.58. The second kappa shape index (κ2) is 5.95. The average molecular weight is 262 g/mol. The molecule has 0 saturated carbocycles. The lowest BCUT2D eigenvalue weighted by Crippen LogP contribution is -2.23. The van der Waals surface area contributed by atoms with E-state index in [1.807, 2.05) is 0 Å². The van der Waals surface area contributed by atoms with Crippen molar-refractivity contribution in [2.45, 2.75) is 12.6 Å². The molecular weight excluding hydrogens is 245 g/mol. The highest BCUT2D eigenvalue weighted by Crippen LogP contribution is 2.37. The molecule has 6 heteroatoms. The van der Waals surface area contributed by atoms with Gasteiger partial charge in [0.2, 0.25) is 0 Å². The van der Waals surface area contributed by atoms with Crippen molar-refractivity contribution in [2.75, 3.05) is 37.9 Å². The highest BCUT2D eigenvalue weighted by molar-refractivity contribution is 5.60. The van der Waals surface area contributed by atoms with Crippen LogP contribution in [0, 0.1) is 0 Å². The molecule has 3 nitrogen and oxygen atoms in total. The van der Waals surface area contributed by atoms with Gasteiger partial charge in [-0.1, -0.05) is 0 Å². The van der Waals surface area contributed by atoms with Gasteiger partial charge < -0.3 is 15.4 Å². The Morgan fingerprint density at radius 1 is 1.33 bits per heavy atom. The summed E-state index contributed by atoms with van der Waals surface area (Å²) in [7, 11) is 3.18. The third kappa shape index (κ3) is 3.80. The summed E-state index contributed by atoms with van der Waals surface area (Å²) in [5.41, 5.74) is 4.94. The van der Waals surface area contributed by atoms with Crippen molar-refractivity contribution >= 4 is 11.4 Å². The lowest BCUT2D eigenvalue weighted by Gasteiger charge is -2.23. The first-order chi connectivity index (χ1) is 8.36. The van der Waals surface area contributed by atoms with Crippen molar-refractivity contribution in [3.05, 3.63) is 23.8 Å². The molecule has 0 aromatic heterocycles. The van der Waals surface area contributed by atoms with E-state index in [1.54, 1.807) is 19.1 Å². The van der Waals surface area contributed by atoms with Crippen molar-refractivity contribution in [2.24, 2.45) is 0 Å². The molecule has 2 N–H and O–H groups in total. The summed E-state index contributed by atoms with van der Waals surface area (Å²) in [5, 5.41) is 0. The van der Waals surface area contributed by atoms with Crippen LogP contribution in [0.5, 0.6) is 0 Å². The van der Waals surface area contributed by atoms with Crippen LogP contribution in [0.25, 0.3) is 0 Å². The molecule has 1 rings (SSSR count). The number of hydrogen-bond acceptors (Lipinski definition) is 3. The summed E-state index contributed by atoms with van der Waals surface area (Å²) in [6, 6.07) is 3.82. The van der Waals surface area contributed by atoms with Crippen LogP contribution in [-0.2, 0) is 10.9 Å². The molecule has 18 heavy (non-hydrogen) atoms. The summed E-state index contributed by atoms with van der Waals surface area (Å²) in [5.74, 6) is 0. The Kier molecular flexibility index (Phi) is 4.84. The Morgan fingerprint density at radius 3 is 2.56 bits per heavy atom. The number of methoxy groups -OCH3 is 1. The molecule has 0 fully saturated rings. The minimum atomic E-state index is -4.40. The first-order valence-corrected chi connectivity index (χ1v) is 5.53. The van der Waals surface area contributed by atoms with E-state index in [2.05, 4.69) is 0 Å². The number of anilines is 2. The van der Waals surface area contributed by atoms with Gasteiger partial charge in [0, 0.05) is 38.7 Å². The van der Waals surface area contributed by atoms with E-state index < -0.39 is 11.7 Å². The lowest BCUT2D eigenvalue weighted by molar-refractivity contribution is -0.137. The molecule has 0 aliphatic heterocycles. The Hall–Kier alpha value is -1.43. The minimum Gasteiger partial charge on any atom is -0.399 e. The monoisotopic (exact) mass is 262 g/mol. The smallest absolute Gasteiger partial charge is 0.399 e. The maximum atomic E-state index is 12.9. The van der Waals surface area contributed by atoms with Crippen molar-refractivity contribution in [3.8, 4) is 0 Å². The Bertz CT molecular complexity index is 393. The van der Waals surface area contributed by atoms with Crippen molar-refractivity contribution in [3.63, 3.8) is 0 Å². The molecule has 0 aliphatic carbocycles. The Balaban J connectivity index is 2.93. The van der Waals surface area contributed by atoms with Crippen LogP contribution in [0.2, 0.25) is 0 Å². The van der Waals surface area contributed by atoms with Crippen LogP contribution < -0.4 is 10.6 Å². The van der Waals surface area contributed by atoms with Crippen molar-refractivity contribution in [1.82, 2.24) is 0 Å². The molecule has 1 aromatic carbocycles. The number of hydrogen-bond donors (Lipinski definition) is 1. The second-order valence-corrected chi connectivity index (χ2v) is 4.04.